The zero-order valence-electron chi connectivity index (χ0n) is 7.78. The number of nitro groups is 1. The smallest absolute Gasteiger partial charge is 0.269 e. The highest BCUT2D eigenvalue weighted by Crippen LogP contribution is 2.19. The SMILES string of the molecule is O=[N+]([O-])c1ccc([C@@H](O)[C@H](O)CO)cc1. The summed E-state index contributed by atoms with van der Waals surface area (Å²) in [5.41, 5.74) is 0.228. The minimum Gasteiger partial charge on any atom is -0.394 e. The third kappa shape index (κ3) is 2.72. The van der Waals surface area contributed by atoms with Crippen LogP contribution in [0.2, 0.25) is 0 Å². The van der Waals surface area contributed by atoms with Crippen molar-refractivity contribution in [1.82, 2.24) is 0 Å². The van der Waals surface area contributed by atoms with Crippen molar-refractivity contribution < 1.29 is 20.2 Å². The van der Waals surface area contributed by atoms with Gasteiger partial charge >= 0.3 is 0 Å². The van der Waals surface area contributed by atoms with Crippen molar-refractivity contribution in [2.24, 2.45) is 0 Å². The van der Waals surface area contributed by atoms with Gasteiger partial charge in [0.1, 0.15) is 12.2 Å². The maximum absolute atomic E-state index is 10.3. The van der Waals surface area contributed by atoms with Crippen molar-refractivity contribution in [3.8, 4) is 0 Å². The maximum Gasteiger partial charge on any atom is 0.269 e. The number of nitro benzene ring substituents is 1. The van der Waals surface area contributed by atoms with E-state index in [1.807, 2.05) is 0 Å². The summed E-state index contributed by atoms with van der Waals surface area (Å²) in [5, 5.41) is 37.5. The third-order valence-corrected chi connectivity index (χ3v) is 2.00. The lowest BCUT2D eigenvalue weighted by Gasteiger charge is -2.15. The molecule has 0 unspecified atom stereocenters. The monoisotopic (exact) mass is 213 g/mol. The number of hydrogen-bond acceptors (Lipinski definition) is 5. The first kappa shape index (κ1) is 11.6. The first-order valence-electron chi connectivity index (χ1n) is 4.27. The number of nitrogens with zero attached hydrogens (tertiary/aromatic N) is 1. The molecule has 0 aliphatic rings. The van der Waals surface area contributed by atoms with Crippen LogP contribution in [0.3, 0.4) is 0 Å². The molecule has 0 saturated heterocycles. The van der Waals surface area contributed by atoms with E-state index in [2.05, 4.69) is 0 Å². The molecule has 0 heterocycles. The summed E-state index contributed by atoms with van der Waals surface area (Å²) < 4.78 is 0. The summed E-state index contributed by atoms with van der Waals surface area (Å²) in [5.74, 6) is 0. The second-order valence-corrected chi connectivity index (χ2v) is 3.04. The summed E-state index contributed by atoms with van der Waals surface area (Å²) in [4.78, 5) is 9.77. The molecule has 0 fully saturated rings. The van der Waals surface area contributed by atoms with E-state index in [9.17, 15) is 15.2 Å². The molecule has 0 amide bonds. The van der Waals surface area contributed by atoms with Gasteiger partial charge in [0.25, 0.3) is 5.69 Å². The average Bonchev–Trinajstić information content (AvgIpc) is 2.27. The van der Waals surface area contributed by atoms with Crippen LogP contribution in [0.25, 0.3) is 0 Å². The molecule has 15 heavy (non-hydrogen) atoms. The minimum atomic E-state index is -1.29. The van der Waals surface area contributed by atoms with Crippen molar-refractivity contribution in [1.29, 1.82) is 0 Å². The molecule has 6 heteroatoms. The largest absolute Gasteiger partial charge is 0.394 e. The Kier molecular flexibility index (Phi) is 3.73. The molecule has 0 radical (unpaired) electrons. The Morgan fingerprint density at radius 1 is 1.27 bits per heavy atom. The fraction of sp³-hybridized carbons (Fsp3) is 0.333. The normalized spacial score (nSPS) is 14.6. The van der Waals surface area contributed by atoms with E-state index >= 15 is 0 Å². The second kappa shape index (κ2) is 4.83. The van der Waals surface area contributed by atoms with E-state index in [0.29, 0.717) is 5.56 Å². The summed E-state index contributed by atoms with van der Waals surface area (Å²) in [6.07, 6.45) is -2.53. The molecule has 1 rings (SSSR count). The molecule has 0 saturated carbocycles. The van der Waals surface area contributed by atoms with Crippen LogP contribution in [0.5, 0.6) is 0 Å². The van der Waals surface area contributed by atoms with Gasteiger partial charge in [-0.1, -0.05) is 0 Å². The van der Waals surface area contributed by atoms with Crippen LogP contribution in [0.1, 0.15) is 11.7 Å². The predicted octanol–water partition coefficient (Wildman–Crippen LogP) is -0.0186. The van der Waals surface area contributed by atoms with Crippen molar-refractivity contribution in [3.05, 3.63) is 39.9 Å². The van der Waals surface area contributed by atoms with Gasteiger partial charge in [0.05, 0.1) is 11.5 Å². The Hall–Kier alpha value is -1.50. The van der Waals surface area contributed by atoms with E-state index in [-0.39, 0.29) is 5.69 Å². The molecule has 3 N–H and O–H groups in total. The van der Waals surface area contributed by atoms with Crippen molar-refractivity contribution >= 4 is 5.69 Å². The summed E-state index contributed by atoms with van der Waals surface area (Å²) in [6.45, 7) is -0.571. The summed E-state index contributed by atoms with van der Waals surface area (Å²) in [7, 11) is 0. The number of non-ortho nitro benzene ring substituents is 1. The van der Waals surface area contributed by atoms with E-state index in [1.54, 1.807) is 0 Å². The Morgan fingerprint density at radius 2 is 1.80 bits per heavy atom. The number of aliphatic hydroxyl groups excluding tert-OH is 3. The van der Waals surface area contributed by atoms with E-state index in [1.165, 1.54) is 24.3 Å². The van der Waals surface area contributed by atoms with Crippen LogP contribution < -0.4 is 0 Å². The van der Waals surface area contributed by atoms with Gasteiger partial charge < -0.3 is 15.3 Å². The van der Waals surface area contributed by atoms with Crippen LogP contribution >= 0.6 is 0 Å². The lowest BCUT2D eigenvalue weighted by molar-refractivity contribution is -0.384. The molecule has 0 aliphatic heterocycles. The van der Waals surface area contributed by atoms with Gasteiger partial charge in [0.15, 0.2) is 0 Å². The lowest BCUT2D eigenvalue weighted by atomic mass is 10.0. The van der Waals surface area contributed by atoms with Crippen molar-refractivity contribution in [2.75, 3.05) is 6.61 Å². The molecule has 0 aromatic heterocycles. The van der Waals surface area contributed by atoms with Gasteiger partial charge in [-0.05, 0) is 17.7 Å². The van der Waals surface area contributed by atoms with Gasteiger partial charge in [0.2, 0.25) is 0 Å². The zero-order chi connectivity index (χ0) is 11.4. The van der Waals surface area contributed by atoms with Crippen LogP contribution in [0.4, 0.5) is 5.69 Å². The molecular formula is C9H11NO5. The Bertz CT molecular complexity index is 337. The average molecular weight is 213 g/mol. The quantitative estimate of drug-likeness (QED) is 0.481. The number of rotatable bonds is 4. The van der Waals surface area contributed by atoms with E-state index < -0.39 is 23.7 Å². The molecule has 82 valence electrons. The van der Waals surface area contributed by atoms with Crippen molar-refractivity contribution in [3.63, 3.8) is 0 Å². The second-order valence-electron chi connectivity index (χ2n) is 3.04. The maximum atomic E-state index is 10.3. The molecule has 0 aliphatic carbocycles. The molecule has 6 nitrogen and oxygen atoms in total. The molecular weight excluding hydrogens is 202 g/mol. The van der Waals surface area contributed by atoms with Gasteiger partial charge in [-0.25, -0.2) is 0 Å². The molecule has 1 aromatic carbocycles. The molecule has 0 spiro atoms. The standard InChI is InChI=1S/C9H11NO5/c11-5-8(12)9(13)6-1-3-7(4-2-6)10(14)15/h1-4,8-9,11-13H,5H2/t8-,9-/m1/s1. The zero-order valence-corrected chi connectivity index (χ0v) is 7.78. The van der Waals surface area contributed by atoms with Crippen LogP contribution in [0, 0.1) is 10.1 Å². The van der Waals surface area contributed by atoms with E-state index in [4.69, 9.17) is 10.2 Å². The third-order valence-electron chi connectivity index (χ3n) is 2.00. The van der Waals surface area contributed by atoms with Crippen molar-refractivity contribution in [2.45, 2.75) is 12.2 Å². The van der Waals surface area contributed by atoms with Crippen LogP contribution in [-0.2, 0) is 0 Å². The van der Waals surface area contributed by atoms with Gasteiger partial charge in [-0.15, -0.1) is 0 Å². The van der Waals surface area contributed by atoms with Gasteiger partial charge in [-0.3, -0.25) is 10.1 Å². The Morgan fingerprint density at radius 3 is 2.20 bits per heavy atom. The minimum absolute atomic E-state index is 0.0931. The van der Waals surface area contributed by atoms with Crippen LogP contribution in [-0.4, -0.2) is 33.0 Å². The highest BCUT2D eigenvalue weighted by molar-refractivity contribution is 5.34. The molecule has 2 atom stereocenters. The number of benzene rings is 1. The number of hydrogen-bond donors (Lipinski definition) is 3. The lowest BCUT2D eigenvalue weighted by Crippen LogP contribution is -2.21. The number of aliphatic hydroxyl groups is 3. The summed E-state index contributed by atoms with van der Waals surface area (Å²) in [6, 6.07) is 5.12. The molecule has 1 aromatic rings. The highest BCUT2D eigenvalue weighted by atomic mass is 16.6. The van der Waals surface area contributed by atoms with Gasteiger partial charge in [-0.2, -0.15) is 0 Å². The predicted molar refractivity (Wildman–Crippen MR) is 51.1 cm³/mol. The first-order valence-corrected chi connectivity index (χ1v) is 4.27. The summed E-state index contributed by atoms with van der Waals surface area (Å²) >= 11 is 0. The Balaban J connectivity index is 2.84. The van der Waals surface area contributed by atoms with Crippen LogP contribution in [0.15, 0.2) is 24.3 Å². The van der Waals surface area contributed by atoms with Gasteiger partial charge in [0, 0.05) is 12.1 Å². The fourth-order valence-corrected chi connectivity index (χ4v) is 1.12. The highest BCUT2D eigenvalue weighted by Gasteiger charge is 2.17. The first-order chi connectivity index (χ1) is 7.06. The Labute approximate surface area is 85.6 Å². The van der Waals surface area contributed by atoms with E-state index in [0.717, 1.165) is 0 Å². The fourth-order valence-electron chi connectivity index (χ4n) is 1.12. The topological polar surface area (TPSA) is 104 Å². The molecule has 0 bridgehead atoms.